The van der Waals surface area contributed by atoms with Gasteiger partial charge in [-0.05, 0) is 60.7 Å². The van der Waals surface area contributed by atoms with Gasteiger partial charge in [0.1, 0.15) is 5.75 Å². The Balaban J connectivity index is 1.59. The van der Waals surface area contributed by atoms with Crippen molar-refractivity contribution in [2.24, 2.45) is 0 Å². The zero-order valence-corrected chi connectivity index (χ0v) is 17.9. The first-order chi connectivity index (χ1) is 14.7. The quantitative estimate of drug-likeness (QED) is 0.448. The monoisotopic (exact) mass is 514 g/mol. The summed E-state index contributed by atoms with van der Waals surface area (Å²) in [5.41, 5.74) is -0.155. The highest BCUT2D eigenvalue weighted by molar-refractivity contribution is 9.10. The van der Waals surface area contributed by atoms with Crippen molar-refractivity contribution in [2.75, 3.05) is 16.6 Å². The molecule has 0 aliphatic rings. The minimum atomic E-state index is -3.84. The zero-order valence-electron chi connectivity index (χ0n) is 15.5. The highest BCUT2D eigenvalue weighted by Gasteiger charge is 2.16. The predicted molar refractivity (Wildman–Crippen MR) is 112 cm³/mol. The maximum absolute atomic E-state index is 13.6. The van der Waals surface area contributed by atoms with Crippen LogP contribution in [0.1, 0.15) is 0 Å². The average Bonchev–Trinajstić information content (AvgIpc) is 2.74. The number of carbonyl (C=O) groups is 1. The second-order valence-corrected chi connectivity index (χ2v) is 8.74. The number of amides is 1. The molecule has 2 N–H and O–H groups in total. The summed E-state index contributed by atoms with van der Waals surface area (Å²) in [5, 5.41) is 2.06. The van der Waals surface area contributed by atoms with Crippen molar-refractivity contribution in [2.45, 2.75) is 4.90 Å². The van der Waals surface area contributed by atoms with Crippen molar-refractivity contribution in [3.63, 3.8) is 0 Å². The van der Waals surface area contributed by atoms with Gasteiger partial charge in [0.15, 0.2) is 24.1 Å². The number of benzene rings is 3. The molecule has 162 valence electrons. The molecule has 0 radical (unpaired) electrons. The molecule has 3 aromatic carbocycles. The van der Waals surface area contributed by atoms with Crippen LogP contribution in [0, 0.1) is 17.5 Å². The van der Waals surface area contributed by atoms with Crippen LogP contribution in [0.5, 0.6) is 5.75 Å². The Morgan fingerprint density at radius 1 is 0.903 bits per heavy atom. The number of carbonyl (C=O) groups excluding carboxylic acids is 1. The molecule has 0 aliphatic heterocycles. The van der Waals surface area contributed by atoms with Gasteiger partial charge in [0.25, 0.3) is 15.9 Å². The topological polar surface area (TPSA) is 84.5 Å². The van der Waals surface area contributed by atoms with Crippen molar-refractivity contribution in [1.82, 2.24) is 0 Å². The number of nitrogens with one attached hydrogen (secondary N) is 2. The number of hydrogen-bond acceptors (Lipinski definition) is 4. The van der Waals surface area contributed by atoms with E-state index in [9.17, 15) is 26.4 Å². The third-order valence-electron chi connectivity index (χ3n) is 3.91. The predicted octanol–water partition coefficient (Wildman–Crippen LogP) is 4.68. The van der Waals surface area contributed by atoms with Gasteiger partial charge in [0.2, 0.25) is 0 Å². The molecule has 31 heavy (non-hydrogen) atoms. The number of sulfonamides is 1. The summed E-state index contributed by atoms with van der Waals surface area (Å²) in [6.45, 7) is -0.568. The summed E-state index contributed by atoms with van der Waals surface area (Å²) in [4.78, 5) is 11.8. The van der Waals surface area contributed by atoms with Crippen LogP contribution < -0.4 is 14.8 Å². The lowest BCUT2D eigenvalue weighted by Gasteiger charge is -2.10. The summed E-state index contributed by atoms with van der Waals surface area (Å²) >= 11 is 3.26. The van der Waals surface area contributed by atoms with Gasteiger partial charge < -0.3 is 10.1 Å². The molecular weight excluding hydrogens is 501 g/mol. The van der Waals surface area contributed by atoms with E-state index in [4.69, 9.17) is 4.74 Å². The highest BCUT2D eigenvalue weighted by atomic mass is 79.9. The lowest BCUT2D eigenvalue weighted by atomic mass is 10.3. The van der Waals surface area contributed by atoms with Gasteiger partial charge in [0.05, 0.1) is 10.6 Å². The number of halogens is 4. The van der Waals surface area contributed by atoms with E-state index in [-0.39, 0.29) is 10.6 Å². The zero-order chi connectivity index (χ0) is 22.6. The molecule has 0 heterocycles. The molecular formula is C20H14BrF3N2O4S. The lowest BCUT2D eigenvalue weighted by molar-refractivity contribution is -0.118. The first-order valence-electron chi connectivity index (χ1n) is 8.60. The number of hydrogen-bond donors (Lipinski definition) is 2. The molecule has 0 aromatic heterocycles. The Hall–Kier alpha value is -3.05. The van der Waals surface area contributed by atoms with E-state index < -0.39 is 45.7 Å². The van der Waals surface area contributed by atoms with Crippen LogP contribution in [0.4, 0.5) is 24.5 Å². The van der Waals surface area contributed by atoms with Crippen molar-refractivity contribution in [1.29, 1.82) is 0 Å². The SMILES string of the molecule is O=C(COc1ccc(S(=O)(=O)Nc2ccc(Br)cc2)cc1)Nc1ccc(F)c(F)c1F. The fourth-order valence-corrected chi connectivity index (χ4v) is 3.73. The standard InChI is InChI=1S/C20H14BrF3N2O4S/c21-12-1-3-13(4-2-12)26-31(28,29)15-7-5-14(6-8-15)30-11-18(27)25-17-10-9-16(22)19(23)20(17)24/h1-10,26H,11H2,(H,25,27). The molecule has 0 saturated carbocycles. The molecule has 0 atom stereocenters. The first-order valence-corrected chi connectivity index (χ1v) is 10.9. The molecule has 0 fully saturated rings. The Morgan fingerprint density at radius 2 is 1.55 bits per heavy atom. The molecule has 1 amide bonds. The third-order valence-corrected chi connectivity index (χ3v) is 5.84. The number of anilines is 2. The maximum Gasteiger partial charge on any atom is 0.262 e. The van der Waals surface area contributed by atoms with Crippen LogP contribution in [0.15, 0.2) is 70.0 Å². The maximum atomic E-state index is 13.6. The smallest absolute Gasteiger partial charge is 0.262 e. The summed E-state index contributed by atoms with van der Waals surface area (Å²) < 4.78 is 73.0. The van der Waals surface area contributed by atoms with Gasteiger partial charge in [-0.3, -0.25) is 9.52 Å². The molecule has 11 heteroatoms. The van der Waals surface area contributed by atoms with Crippen LogP contribution in [0.25, 0.3) is 0 Å². The van der Waals surface area contributed by atoms with E-state index in [1.54, 1.807) is 24.3 Å². The van der Waals surface area contributed by atoms with E-state index in [2.05, 4.69) is 26.0 Å². The van der Waals surface area contributed by atoms with Gasteiger partial charge in [-0.2, -0.15) is 0 Å². The van der Waals surface area contributed by atoms with Gasteiger partial charge >= 0.3 is 0 Å². The Kier molecular flexibility index (Phi) is 6.86. The fraction of sp³-hybridized carbons (Fsp3) is 0.0500. The Labute approximate surface area is 184 Å². The van der Waals surface area contributed by atoms with Crippen LogP contribution in [-0.4, -0.2) is 20.9 Å². The van der Waals surface area contributed by atoms with Gasteiger partial charge in [-0.1, -0.05) is 15.9 Å². The van der Waals surface area contributed by atoms with E-state index in [1.807, 2.05) is 0 Å². The largest absolute Gasteiger partial charge is 0.484 e. The average molecular weight is 515 g/mol. The minimum Gasteiger partial charge on any atom is -0.484 e. The minimum absolute atomic E-state index is 0.0314. The fourth-order valence-electron chi connectivity index (χ4n) is 2.40. The van der Waals surface area contributed by atoms with Crippen molar-refractivity contribution in [3.8, 4) is 5.75 Å². The van der Waals surface area contributed by atoms with Crippen LogP contribution in [-0.2, 0) is 14.8 Å². The number of ether oxygens (including phenoxy) is 1. The molecule has 3 aromatic rings. The molecule has 0 spiro atoms. The van der Waals surface area contributed by atoms with Crippen molar-refractivity contribution in [3.05, 3.63) is 82.6 Å². The van der Waals surface area contributed by atoms with Crippen LogP contribution in [0.3, 0.4) is 0 Å². The van der Waals surface area contributed by atoms with E-state index >= 15 is 0 Å². The first kappa shape index (κ1) is 22.6. The second kappa shape index (κ2) is 9.40. The summed E-state index contributed by atoms with van der Waals surface area (Å²) in [6.07, 6.45) is 0. The van der Waals surface area contributed by atoms with Gasteiger partial charge in [-0.15, -0.1) is 0 Å². The Morgan fingerprint density at radius 3 is 2.19 bits per heavy atom. The van der Waals surface area contributed by atoms with Crippen LogP contribution >= 0.6 is 15.9 Å². The van der Waals surface area contributed by atoms with Gasteiger partial charge in [0, 0.05) is 10.2 Å². The van der Waals surface area contributed by atoms with E-state index in [1.165, 1.54) is 24.3 Å². The molecule has 0 unspecified atom stereocenters. The van der Waals surface area contributed by atoms with Crippen molar-refractivity contribution >= 4 is 43.2 Å². The summed E-state index contributed by atoms with van der Waals surface area (Å²) in [6, 6.07) is 13.3. The van der Waals surface area contributed by atoms with E-state index in [0.29, 0.717) is 11.8 Å². The second-order valence-electron chi connectivity index (χ2n) is 6.14. The van der Waals surface area contributed by atoms with E-state index in [0.717, 1.165) is 10.5 Å². The Bertz CT molecular complexity index is 1200. The van der Waals surface area contributed by atoms with Crippen molar-refractivity contribution < 1.29 is 31.1 Å². The number of rotatable bonds is 7. The molecule has 0 bridgehead atoms. The van der Waals surface area contributed by atoms with Gasteiger partial charge in [-0.25, -0.2) is 21.6 Å². The molecule has 0 aliphatic carbocycles. The molecule has 0 saturated heterocycles. The normalized spacial score (nSPS) is 11.1. The summed E-state index contributed by atoms with van der Waals surface area (Å²) in [5.74, 6) is -5.26. The highest BCUT2D eigenvalue weighted by Crippen LogP contribution is 2.22. The lowest BCUT2D eigenvalue weighted by Crippen LogP contribution is -2.21. The molecule has 3 rings (SSSR count). The summed E-state index contributed by atoms with van der Waals surface area (Å²) in [7, 11) is -3.84. The van der Waals surface area contributed by atoms with Crippen LogP contribution in [0.2, 0.25) is 0 Å². The third kappa shape index (κ3) is 5.76. The molecule has 6 nitrogen and oxygen atoms in total.